The Kier molecular flexibility index (Phi) is 5.87. The maximum atomic E-state index is 13.0. The molecular formula is C22H22N4OS. The molecule has 2 heterocycles. The van der Waals surface area contributed by atoms with Gasteiger partial charge in [-0.05, 0) is 43.2 Å². The van der Waals surface area contributed by atoms with Gasteiger partial charge in [-0.15, -0.1) is 0 Å². The van der Waals surface area contributed by atoms with E-state index in [0.717, 1.165) is 34.9 Å². The van der Waals surface area contributed by atoms with Crippen LogP contribution in [-0.4, -0.2) is 29.0 Å². The molecule has 1 unspecified atom stereocenters. The summed E-state index contributed by atoms with van der Waals surface area (Å²) in [6.45, 7) is 1.53. The molecule has 2 aromatic carbocycles. The number of para-hydroxylation sites is 1. The number of carbonyl (C=O) groups excluding carboxylic acids is 1. The molecular weight excluding hydrogens is 368 g/mol. The summed E-state index contributed by atoms with van der Waals surface area (Å²) in [5.41, 5.74) is 0.856. The quantitative estimate of drug-likeness (QED) is 0.696. The third-order valence-electron chi connectivity index (χ3n) is 4.74. The van der Waals surface area contributed by atoms with Gasteiger partial charge in [0.2, 0.25) is 11.9 Å². The van der Waals surface area contributed by atoms with Crippen molar-refractivity contribution < 1.29 is 4.79 Å². The predicted octanol–water partition coefficient (Wildman–Crippen LogP) is 4.48. The van der Waals surface area contributed by atoms with Gasteiger partial charge >= 0.3 is 0 Å². The molecule has 0 saturated carbocycles. The van der Waals surface area contributed by atoms with Gasteiger partial charge in [0.25, 0.3) is 0 Å². The number of nitrogens with one attached hydrogen (secondary N) is 1. The van der Waals surface area contributed by atoms with Gasteiger partial charge in [0, 0.05) is 35.3 Å². The van der Waals surface area contributed by atoms with Crippen LogP contribution in [0.1, 0.15) is 12.8 Å². The van der Waals surface area contributed by atoms with Crippen molar-refractivity contribution in [3.63, 3.8) is 0 Å². The fourth-order valence-corrected chi connectivity index (χ4v) is 4.26. The average molecular weight is 391 g/mol. The van der Waals surface area contributed by atoms with Gasteiger partial charge in [0.05, 0.1) is 11.6 Å². The lowest BCUT2D eigenvalue weighted by atomic mass is 9.97. The van der Waals surface area contributed by atoms with Gasteiger partial charge in [0.1, 0.15) is 0 Å². The Bertz CT molecular complexity index is 920. The first kappa shape index (κ1) is 18.5. The summed E-state index contributed by atoms with van der Waals surface area (Å²) in [4.78, 5) is 25.9. The summed E-state index contributed by atoms with van der Waals surface area (Å²) in [6.07, 6.45) is 5.31. The van der Waals surface area contributed by atoms with Crippen LogP contribution < -0.4 is 10.2 Å². The van der Waals surface area contributed by atoms with Gasteiger partial charge in [0.15, 0.2) is 0 Å². The highest BCUT2D eigenvalue weighted by Gasteiger charge is 2.27. The number of aromatic nitrogens is 2. The van der Waals surface area contributed by atoms with Crippen molar-refractivity contribution in [2.24, 2.45) is 5.92 Å². The highest BCUT2D eigenvalue weighted by atomic mass is 32.2. The van der Waals surface area contributed by atoms with Gasteiger partial charge in [-0.25, -0.2) is 9.97 Å². The van der Waals surface area contributed by atoms with Crippen LogP contribution in [0.25, 0.3) is 0 Å². The minimum atomic E-state index is -0.0765. The van der Waals surface area contributed by atoms with E-state index in [2.05, 4.69) is 32.3 Å². The first-order valence-electron chi connectivity index (χ1n) is 9.44. The zero-order valence-electron chi connectivity index (χ0n) is 15.5. The second kappa shape index (κ2) is 8.89. The molecule has 0 bridgehead atoms. The molecule has 0 aliphatic carbocycles. The van der Waals surface area contributed by atoms with Crippen LogP contribution in [0.3, 0.4) is 0 Å². The molecule has 0 radical (unpaired) electrons. The Balaban J connectivity index is 1.45. The predicted molar refractivity (Wildman–Crippen MR) is 113 cm³/mol. The number of amides is 1. The molecule has 1 amide bonds. The lowest BCUT2D eigenvalue weighted by Gasteiger charge is -2.32. The van der Waals surface area contributed by atoms with Crippen LogP contribution in [0.15, 0.2) is 82.8 Å². The van der Waals surface area contributed by atoms with E-state index < -0.39 is 0 Å². The molecule has 142 valence electrons. The van der Waals surface area contributed by atoms with E-state index in [0.29, 0.717) is 12.5 Å². The highest BCUT2D eigenvalue weighted by molar-refractivity contribution is 7.99. The third kappa shape index (κ3) is 4.51. The number of benzene rings is 2. The SMILES string of the molecule is O=C(Nc1ccccc1Sc1ccccc1)C1CCCN(c2ncccn2)C1. The number of piperidine rings is 1. The first-order valence-corrected chi connectivity index (χ1v) is 10.3. The molecule has 28 heavy (non-hydrogen) atoms. The monoisotopic (exact) mass is 390 g/mol. The van der Waals surface area contributed by atoms with Crippen molar-refractivity contribution in [2.75, 3.05) is 23.3 Å². The molecule has 0 spiro atoms. The van der Waals surface area contributed by atoms with E-state index in [4.69, 9.17) is 0 Å². The largest absolute Gasteiger partial charge is 0.340 e. The second-order valence-corrected chi connectivity index (χ2v) is 7.85. The number of nitrogens with zero attached hydrogens (tertiary/aromatic N) is 3. The Labute approximate surface area is 169 Å². The minimum absolute atomic E-state index is 0.0572. The van der Waals surface area contributed by atoms with E-state index in [1.165, 1.54) is 0 Å². The first-order chi connectivity index (χ1) is 13.8. The summed E-state index contributed by atoms with van der Waals surface area (Å²) in [5, 5.41) is 3.15. The summed E-state index contributed by atoms with van der Waals surface area (Å²) < 4.78 is 0. The van der Waals surface area contributed by atoms with Crippen LogP contribution in [0, 0.1) is 5.92 Å². The molecule has 3 aromatic rings. The fraction of sp³-hybridized carbons (Fsp3) is 0.227. The third-order valence-corrected chi connectivity index (χ3v) is 5.83. The van der Waals surface area contributed by atoms with Gasteiger partial charge < -0.3 is 10.2 Å². The van der Waals surface area contributed by atoms with Gasteiger partial charge in [-0.2, -0.15) is 0 Å². The standard InChI is InChI=1S/C22H22N4OS/c27-21(17-8-6-15-26(16-17)22-23-13-7-14-24-22)25-19-11-4-5-12-20(19)28-18-9-2-1-3-10-18/h1-5,7,9-14,17H,6,8,15-16H2,(H,25,27). The van der Waals surface area contributed by atoms with Crippen molar-refractivity contribution in [3.05, 3.63) is 73.1 Å². The van der Waals surface area contributed by atoms with Crippen molar-refractivity contribution in [1.82, 2.24) is 9.97 Å². The van der Waals surface area contributed by atoms with Crippen LogP contribution >= 0.6 is 11.8 Å². The van der Waals surface area contributed by atoms with Crippen LogP contribution in [0.4, 0.5) is 11.6 Å². The zero-order valence-corrected chi connectivity index (χ0v) is 16.3. The molecule has 1 N–H and O–H groups in total. The summed E-state index contributed by atoms with van der Waals surface area (Å²) in [5.74, 6) is 0.675. The average Bonchev–Trinajstić information content (AvgIpc) is 2.76. The number of rotatable bonds is 5. The zero-order chi connectivity index (χ0) is 19.2. The lowest BCUT2D eigenvalue weighted by molar-refractivity contribution is -0.120. The number of anilines is 2. The molecule has 1 aliphatic heterocycles. The van der Waals surface area contributed by atoms with Gasteiger partial charge in [-0.3, -0.25) is 4.79 Å². The Morgan fingerprint density at radius 1 is 1.00 bits per heavy atom. The van der Waals surface area contributed by atoms with Gasteiger partial charge in [-0.1, -0.05) is 42.1 Å². The maximum Gasteiger partial charge on any atom is 0.229 e. The van der Waals surface area contributed by atoms with Crippen LogP contribution in [0.2, 0.25) is 0 Å². The number of hydrogen-bond donors (Lipinski definition) is 1. The maximum absolute atomic E-state index is 13.0. The Morgan fingerprint density at radius 2 is 1.75 bits per heavy atom. The van der Waals surface area contributed by atoms with Crippen LogP contribution in [-0.2, 0) is 4.79 Å². The molecule has 4 rings (SSSR count). The topological polar surface area (TPSA) is 58.1 Å². The second-order valence-electron chi connectivity index (χ2n) is 6.73. The fourth-order valence-electron chi connectivity index (χ4n) is 3.34. The summed E-state index contributed by atoms with van der Waals surface area (Å²) in [7, 11) is 0. The Morgan fingerprint density at radius 3 is 2.57 bits per heavy atom. The lowest BCUT2D eigenvalue weighted by Crippen LogP contribution is -2.41. The van der Waals surface area contributed by atoms with E-state index in [1.54, 1.807) is 30.2 Å². The van der Waals surface area contributed by atoms with Crippen molar-refractivity contribution >= 4 is 29.3 Å². The van der Waals surface area contributed by atoms with Crippen LogP contribution in [0.5, 0.6) is 0 Å². The highest BCUT2D eigenvalue weighted by Crippen LogP contribution is 2.33. The smallest absolute Gasteiger partial charge is 0.229 e. The van der Waals surface area contributed by atoms with E-state index in [-0.39, 0.29) is 11.8 Å². The molecule has 6 heteroatoms. The summed E-state index contributed by atoms with van der Waals surface area (Å²) >= 11 is 1.66. The Hall–Kier alpha value is -2.86. The molecule has 5 nitrogen and oxygen atoms in total. The van der Waals surface area contributed by atoms with E-state index in [9.17, 15) is 4.79 Å². The molecule has 1 atom stereocenters. The molecule has 1 saturated heterocycles. The van der Waals surface area contributed by atoms with Crippen molar-refractivity contribution in [2.45, 2.75) is 22.6 Å². The van der Waals surface area contributed by atoms with Crippen molar-refractivity contribution in [3.8, 4) is 0 Å². The van der Waals surface area contributed by atoms with Crippen molar-refractivity contribution in [1.29, 1.82) is 0 Å². The number of hydrogen-bond acceptors (Lipinski definition) is 5. The number of carbonyl (C=O) groups is 1. The molecule has 1 aliphatic rings. The normalized spacial score (nSPS) is 16.6. The van der Waals surface area contributed by atoms with E-state index >= 15 is 0 Å². The molecule has 1 aromatic heterocycles. The van der Waals surface area contributed by atoms with E-state index in [1.807, 2.05) is 42.5 Å². The summed E-state index contributed by atoms with van der Waals surface area (Å²) in [6, 6.07) is 19.9. The molecule has 1 fully saturated rings. The minimum Gasteiger partial charge on any atom is -0.340 e.